The van der Waals surface area contributed by atoms with Crippen LogP contribution < -0.4 is 4.74 Å². The quantitative estimate of drug-likeness (QED) is 0.514. The molecule has 0 bridgehead atoms. The Hall–Kier alpha value is -2.57. The zero-order valence-corrected chi connectivity index (χ0v) is 19.4. The predicted molar refractivity (Wildman–Crippen MR) is 121 cm³/mol. The van der Waals surface area contributed by atoms with Gasteiger partial charge in [0.05, 0.1) is 18.8 Å². The van der Waals surface area contributed by atoms with Gasteiger partial charge in [-0.3, -0.25) is 9.59 Å². The number of rotatable bonds is 8. The van der Waals surface area contributed by atoms with Gasteiger partial charge in [-0.2, -0.15) is 0 Å². The Morgan fingerprint density at radius 1 is 1.06 bits per heavy atom. The van der Waals surface area contributed by atoms with E-state index < -0.39 is 0 Å². The fourth-order valence-corrected chi connectivity index (χ4v) is 4.04. The van der Waals surface area contributed by atoms with Crippen molar-refractivity contribution in [2.24, 2.45) is 0 Å². The van der Waals surface area contributed by atoms with Gasteiger partial charge < -0.3 is 18.9 Å². The number of carbonyl (C=O) groups excluding carboxylic acids is 2. The van der Waals surface area contributed by atoms with Crippen molar-refractivity contribution in [1.29, 1.82) is 0 Å². The SMILES string of the molecule is CCOc1ccc(Cc2cc(C3CC(OC(C)=O)CC(COC(C)=O)O3)ccc2Cl)cc1. The molecule has 3 atom stereocenters. The van der Waals surface area contributed by atoms with Crippen LogP contribution in [0.25, 0.3) is 0 Å². The van der Waals surface area contributed by atoms with E-state index in [9.17, 15) is 9.59 Å². The molecule has 0 amide bonds. The number of esters is 2. The van der Waals surface area contributed by atoms with Crippen LogP contribution >= 0.6 is 11.6 Å². The van der Waals surface area contributed by atoms with Gasteiger partial charge in [-0.05, 0) is 48.2 Å². The maximum atomic E-state index is 11.5. The average Bonchev–Trinajstić information content (AvgIpc) is 2.75. The van der Waals surface area contributed by atoms with Gasteiger partial charge in [0, 0.05) is 31.7 Å². The minimum atomic E-state index is -0.371. The Morgan fingerprint density at radius 2 is 1.81 bits per heavy atom. The summed E-state index contributed by atoms with van der Waals surface area (Å²) in [6.07, 6.45) is 0.709. The normalized spacial score (nSPS) is 20.4. The molecular formula is C25H29ClO6. The summed E-state index contributed by atoms with van der Waals surface area (Å²) >= 11 is 6.48. The fourth-order valence-electron chi connectivity index (χ4n) is 3.86. The van der Waals surface area contributed by atoms with Crippen molar-refractivity contribution < 1.29 is 28.5 Å². The van der Waals surface area contributed by atoms with Crippen LogP contribution in [0.2, 0.25) is 5.02 Å². The largest absolute Gasteiger partial charge is 0.494 e. The maximum absolute atomic E-state index is 11.5. The van der Waals surface area contributed by atoms with Crippen molar-refractivity contribution >= 4 is 23.5 Å². The molecule has 0 saturated carbocycles. The van der Waals surface area contributed by atoms with E-state index in [0.29, 0.717) is 30.9 Å². The molecule has 1 aliphatic rings. The zero-order chi connectivity index (χ0) is 23.1. The molecule has 1 heterocycles. The number of benzene rings is 2. The molecule has 1 fully saturated rings. The molecular weight excluding hydrogens is 432 g/mol. The van der Waals surface area contributed by atoms with Gasteiger partial charge in [0.15, 0.2) is 0 Å². The predicted octanol–water partition coefficient (Wildman–Crippen LogP) is 5.04. The molecule has 0 N–H and O–H groups in total. The van der Waals surface area contributed by atoms with Crippen LogP contribution in [0.3, 0.4) is 0 Å². The van der Waals surface area contributed by atoms with E-state index in [1.807, 2.05) is 49.4 Å². The highest BCUT2D eigenvalue weighted by atomic mass is 35.5. The number of hydrogen-bond acceptors (Lipinski definition) is 6. The molecule has 6 nitrogen and oxygen atoms in total. The lowest BCUT2D eigenvalue weighted by Crippen LogP contribution is -2.36. The van der Waals surface area contributed by atoms with Crippen molar-refractivity contribution in [2.45, 2.75) is 58.3 Å². The molecule has 2 aromatic carbocycles. The third kappa shape index (κ3) is 6.97. The molecule has 172 valence electrons. The second-order valence-electron chi connectivity index (χ2n) is 7.86. The van der Waals surface area contributed by atoms with Gasteiger partial charge in [-0.25, -0.2) is 0 Å². The van der Waals surface area contributed by atoms with Crippen molar-refractivity contribution in [3.05, 3.63) is 64.2 Å². The molecule has 1 aliphatic heterocycles. The van der Waals surface area contributed by atoms with Crippen LogP contribution in [0.15, 0.2) is 42.5 Å². The van der Waals surface area contributed by atoms with E-state index in [-0.39, 0.29) is 36.9 Å². The Kier molecular flexibility index (Phi) is 8.53. The molecule has 3 unspecified atom stereocenters. The minimum Gasteiger partial charge on any atom is -0.494 e. The number of ether oxygens (including phenoxy) is 4. The topological polar surface area (TPSA) is 71.1 Å². The lowest BCUT2D eigenvalue weighted by molar-refractivity contribution is -0.169. The highest BCUT2D eigenvalue weighted by Crippen LogP contribution is 2.35. The highest BCUT2D eigenvalue weighted by Gasteiger charge is 2.33. The van der Waals surface area contributed by atoms with Crippen LogP contribution in [0, 0.1) is 0 Å². The first-order valence-electron chi connectivity index (χ1n) is 10.8. The first kappa shape index (κ1) is 24.1. The summed E-state index contributed by atoms with van der Waals surface area (Å²) in [5, 5.41) is 0.673. The van der Waals surface area contributed by atoms with Crippen LogP contribution in [0.1, 0.15) is 56.4 Å². The van der Waals surface area contributed by atoms with Gasteiger partial charge in [0.1, 0.15) is 18.5 Å². The van der Waals surface area contributed by atoms with Crippen molar-refractivity contribution in [3.8, 4) is 5.75 Å². The number of halogens is 1. The van der Waals surface area contributed by atoms with E-state index >= 15 is 0 Å². The van der Waals surface area contributed by atoms with E-state index in [1.54, 1.807) is 0 Å². The Morgan fingerprint density at radius 3 is 2.47 bits per heavy atom. The van der Waals surface area contributed by atoms with Crippen molar-refractivity contribution in [2.75, 3.05) is 13.2 Å². The summed E-state index contributed by atoms with van der Waals surface area (Å²) in [6.45, 7) is 5.45. The van der Waals surface area contributed by atoms with Crippen LogP contribution in [0.5, 0.6) is 5.75 Å². The molecule has 0 aliphatic carbocycles. The third-order valence-corrected chi connectivity index (χ3v) is 5.60. The van der Waals surface area contributed by atoms with E-state index in [4.69, 9.17) is 30.5 Å². The molecule has 32 heavy (non-hydrogen) atoms. The molecule has 1 saturated heterocycles. The maximum Gasteiger partial charge on any atom is 0.302 e. The number of hydrogen-bond donors (Lipinski definition) is 0. The zero-order valence-electron chi connectivity index (χ0n) is 18.6. The second-order valence-corrected chi connectivity index (χ2v) is 8.26. The first-order valence-corrected chi connectivity index (χ1v) is 11.2. The van der Waals surface area contributed by atoms with Crippen molar-refractivity contribution in [1.82, 2.24) is 0 Å². The lowest BCUT2D eigenvalue weighted by atomic mass is 9.94. The van der Waals surface area contributed by atoms with Gasteiger partial charge in [0.25, 0.3) is 0 Å². The summed E-state index contributed by atoms with van der Waals surface area (Å²) in [7, 11) is 0. The van der Waals surface area contributed by atoms with Gasteiger partial charge >= 0.3 is 11.9 Å². The Labute approximate surface area is 193 Å². The Bertz CT molecular complexity index is 927. The molecule has 3 rings (SSSR count). The number of carbonyl (C=O) groups is 2. The Balaban J connectivity index is 1.77. The minimum absolute atomic E-state index is 0.121. The highest BCUT2D eigenvalue weighted by molar-refractivity contribution is 6.31. The smallest absolute Gasteiger partial charge is 0.302 e. The summed E-state index contributed by atoms with van der Waals surface area (Å²) in [5.41, 5.74) is 3.03. The summed E-state index contributed by atoms with van der Waals surface area (Å²) in [4.78, 5) is 22.7. The van der Waals surface area contributed by atoms with E-state index in [1.165, 1.54) is 13.8 Å². The van der Waals surface area contributed by atoms with Gasteiger partial charge in [-0.15, -0.1) is 0 Å². The summed E-state index contributed by atoms with van der Waals surface area (Å²) in [5.74, 6) is 0.125. The van der Waals surface area contributed by atoms with Crippen LogP contribution in [0.4, 0.5) is 0 Å². The first-order chi connectivity index (χ1) is 15.3. The second kappa shape index (κ2) is 11.3. The van der Waals surface area contributed by atoms with Crippen LogP contribution in [-0.2, 0) is 30.2 Å². The molecule has 0 radical (unpaired) electrons. The third-order valence-electron chi connectivity index (χ3n) is 5.24. The van der Waals surface area contributed by atoms with Gasteiger partial charge in [0.2, 0.25) is 0 Å². The molecule has 2 aromatic rings. The standard InChI is InChI=1S/C25H29ClO6/c1-4-29-21-8-5-18(6-9-21)11-20-12-19(7-10-24(20)26)25-14-22(31-17(3)28)13-23(32-25)15-30-16(2)27/h5-10,12,22-23,25H,4,11,13-15H2,1-3H3. The van der Waals surface area contributed by atoms with E-state index in [2.05, 4.69) is 0 Å². The molecule has 0 aromatic heterocycles. The van der Waals surface area contributed by atoms with Crippen molar-refractivity contribution in [3.63, 3.8) is 0 Å². The molecule has 7 heteroatoms. The average molecular weight is 461 g/mol. The van der Waals surface area contributed by atoms with Gasteiger partial charge in [-0.1, -0.05) is 35.9 Å². The summed E-state index contributed by atoms with van der Waals surface area (Å²) in [6, 6.07) is 13.8. The molecule has 0 spiro atoms. The fraction of sp³-hybridized carbons (Fsp3) is 0.440. The monoisotopic (exact) mass is 460 g/mol. The van der Waals surface area contributed by atoms with E-state index in [0.717, 1.165) is 22.4 Å². The van der Waals surface area contributed by atoms with Crippen LogP contribution in [-0.4, -0.2) is 37.4 Å². The lowest BCUT2D eigenvalue weighted by Gasteiger charge is -2.35. The summed E-state index contributed by atoms with van der Waals surface area (Å²) < 4.78 is 22.3.